The van der Waals surface area contributed by atoms with Crippen molar-refractivity contribution in [2.24, 2.45) is 0 Å². The van der Waals surface area contributed by atoms with E-state index in [0.717, 1.165) is 13.0 Å². The molecule has 0 aliphatic heterocycles. The molecule has 64 valence electrons. The van der Waals surface area contributed by atoms with Gasteiger partial charge in [-0.05, 0) is 6.42 Å². The number of nitrogens with zero attached hydrogens (tertiary/aromatic N) is 3. The summed E-state index contributed by atoms with van der Waals surface area (Å²) in [5, 5.41) is 3.96. The zero-order chi connectivity index (χ0) is 8.65. The molecule has 1 heterocycles. The van der Waals surface area contributed by atoms with E-state index in [0.29, 0.717) is 0 Å². The Morgan fingerprint density at radius 2 is 2.17 bits per heavy atom. The van der Waals surface area contributed by atoms with Gasteiger partial charge in [0.25, 0.3) is 0 Å². The number of aromatic nitrogens is 3. The minimum absolute atomic E-state index is 0.786. The van der Waals surface area contributed by atoms with Crippen molar-refractivity contribution in [2.75, 3.05) is 0 Å². The van der Waals surface area contributed by atoms with Crippen molar-refractivity contribution in [1.29, 1.82) is 0 Å². The highest BCUT2D eigenvalue weighted by molar-refractivity contribution is 5.01. The SMILES string of the molecule is CC/C=C\C=C/Cn1cncn1. The Morgan fingerprint density at radius 3 is 2.83 bits per heavy atom. The Hall–Kier alpha value is -1.38. The summed E-state index contributed by atoms with van der Waals surface area (Å²) in [6.07, 6.45) is 12.5. The summed E-state index contributed by atoms with van der Waals surface area (Å²) in [5.41, 5.74) is 0. The van der Waals surface area contributed by atoms with Gasteiger partial charge in [0.1, 0.15) is 12.7 Å². The first-order chi connectivity index (χ1) is 5.93. The fourth-order valence-electron chi connectivity index (χ4n) is 0.789. The van der Waals surface area contributed by atoms with Crippen molar-refractivity contribution in [3.05, 3.63) is 37.0 Å². The van der Waals surface area contributed by atoms with Gasteiger partial charge in [0, 0.05) is 0 Å². The molecular weight excluding hydrogens is 150 g/mol. The van der Waals surface area contributed by atoms with Crippen LogP contribution in [0.25, 0.3) is 0 Å². The van der Waals surface area contributed by atoms with Crippen LogP contribution in [-0.2, 0) is 6.54 Å². The van der Waals surface area contributed by atoms with Gasteiger partial charge in [0.15, 0.2) is 0 Å². The molecule has 1 aromatic heterocycles. The van der Waals surface area contributed by atoms with Crippen molar-refractivity contribution >= 4 is 0 Å². The molecule has 0 spiro atoms. The lowest BCUT2D eigenvalue weighted by molar-refractivity contribution is 0.700. The van der Waals surface area contributed by atoms with Crippen LogP contribution in [0.5, 0.6) is 0 Å². The Labute approximate surface area is 72.4 Å². The van der Waals surface area contributed by atoms with Gasteiger partial charge in [0.2, 0.25) is 0 Å². The highest BCUT2D eigenvalue weighted by Crippen LogP contribution is 1.85. The zero-order valence-electron chi connectivity index (χ0n) is 7.22. The van der Waals surface area contributed by atoms with Crippen LogP contribution in [0.1, 0.15) is 13.3 Å². The summed E-state index contributed by atoms with van der Waals surface area (Å²) in [7, 11) is 0. The summed E-state index contributed by atoms with van der Waals surface area (Å²) >= 11 is 0. The molecule has 0 fully saturated rings. The van der Waals surface area contributed by atoms with Gasteiger partial charge in [-0.2, -0.15) is 5.10 Å². The van der Waals surface area contributed by atoms with E-state index < -0.39 is 0 Å². The molecule has 0 amide bonds. The van der Waals surface area contributed by atoms with Crippen molar-refractivity contribution in [1.82, 2.24) is 14.8 Å². The molecule has 0 unspecified atom stereocenters. The normalized spacial score (nSPS) is 11.8. The smallest absolute Gasteiger partial charge is 0.137 e. The maximum absolute atomic E-state index is 3.96. The summed E-state index contributed by atoms with van der Waals surface area (Å²) in [6, 6.07) is 0. The molecule has 0 aromatic carbocycles. The molecule has 3 nitrogen and oxygen atoms in total. The molecule has 0 saturated carbocycles. The molecule has 1 aromatic rings. The van der Waals surface area contributed by atoms with Crippen molar-refractivity contribution < 1.29 is 0 Å². The third-order valence-electron chi connectivity index (χ3n) is 1.38. The molecule has 0 saturated heterocycles. The first-order valence-corrected chi connectivity index (χ1v) is 4.07. The number of allylic oxidation sites excluding steroid dienone is 4. The van der Waals surface area contributed by atoms with E-state index in [-0.39, 0.29) is 0 Å². The van der Waals surface area contributed by atoms with Gasteiger partial charge in [-0.1, -0.05) is 31.2 Å². The molecule has 0 atom stereocenters. The molecule has 12 heavy (non-hydrogen) atoms. The van der Waals surface area contributed by atoms with Crippen LogP contribution in [-0.4, -0.2) is 14.8 Å². The first-order valence-electron chi connectivity index (χ1n) is 4.07. The van der Waals surface area contributed by atoms with E-state index in [4.69, 9.17) is 0 Å². The van der Waals surface area contributed by atoms with Crippen molar-refractivity contribution in [3.8, 4) is 0 Å². The van der Waals surface area contributed by atoms with E-state index in [2.05, 4.69) is 23.1 Å². The van der Waals surface area contributed by atoms with Gasteiger partial charge < -0.3 is 0 Å². The standard InChI is InChI=1S/C9H13N3/c1-2-3-4-5-6-7-12-9-10-8-11-12/h3-6,8-9H,2,7H2,1H3/b4-3-,6-5-. The molecule has 3 heteroatoms. The Balaban J connectivity index is 2.26. The van der Waals surface area contributed by atoms with Gasteiger partial charge in [0.05, 0.1) is 6.54 Å². The Kier molecular flexibility index (Phi) is 3.84. The lowest BCUT2D eigenvalue weighted by Gasteiger charge is -1.89. The highest BCUT2D eigenvalue weighted by atomic mass is 15.3. The van der Waals surface area contributed by atoms with E-state index in [1.165, 1.54) is 6.33 Å². The minimum Gasteiger partial charge on any atom is -0.249 e. The van der Waals surface area contributed by atoms with Crippen LogP contribution in [0.4, 0.5) is 0 Å². The molecule has 0 N–H and O–H groups in total. The monoisotopic (exact) mass is 163 g/mol. The topological polar surface area (TPSA) is 30.7 Å². The molecule has 0 aliphatic rings. The summed E-state index contributed by atoms with van der Waals surface area (Å²) in [6.45, 7) is 2.90. The highest BCUT2D eigenvalue weighted by Gasteiger charge is 1.82. The summed E-state index contributed by atoms with van der Waals surface area (Å²) in [5.74, 6) is 0. The Bertz CT molecular complexity index is 247. The summed E-state index contributed by atoms with van der Waals surface area (Å²) in [4.78, 5) is 3.84. The van der Waals surface area contributed by atoms with E-state index in [1.54, 1.807) is 11.0 Å². The second-order valence-corrected chi connectivity index (χ2v) is 2.38. The van der Waals surface area contributed by atoms with Crippen molar-refractivity contribution in [2.45, 2.75) is 19.9 Å². The largest absolute Gasteiger partial charge is 0.249 e. The number of hydrogen-bond donors (Lipinski definition) is 0. The average Bonchev–Trinajstić information content (AvgIpc) is 2.57. The number of rotatable bonds is 4. The van der Waals surface area contributed by atoms with Crippen LogP contribution in [0.3, 0.4) is 0 Å². The van der Waals surface area contributed by atoms with Gasteiger partial charge in [-0.3, -0.25) is 0 Å². The second-order valence-electron chi connectivity index (χ2n) is 2.38. The third kappa shape index (κ3) is 3.14. The lowest BCUT2D eigenvalue weighted by atomic mass is 10.4. The maximum Gasteiger partial charge on any atom is 0.137 e. The average molecular weight is 163 g/mol. The predicted octanol–water partition coefficient (Wildman–Crippen LogP) is 1.80. The quantitative estimate of drug-likeness (QED) is 0.634. The van der Waals surface area contributed by atoms with Gasteiger partial charge >= 0.3 is 0 Å². The fourth-order valence-corrected chi connectivity index (χ4v) is 0.789. The van der Waals surface area contributed by atoms with E-state index in [9.17, 15) is 0 Å². The molecule has 0 aliphatic carbocycles. The van der Waals surface area contributed by atoms with Crippen molar-refractivity contribution in [3.63, 3.8) is 0 Å². The van der Waals surface area contributed by atoms with Crippen LogP contribution in [0.15, 0.2) is 37.0 Å². The molecule has 0 radical (unpaired) electrons. The fraction of sp³-hybridized carbons (Fsp3) is 0.333. The first kappa shape index (κ1) is 8.71. The number of hydrogen-bond acceptors (Lipinski definition) is 2. The molecular formula is C9H13N3. The predicted molar refractivity (Wildman–Crippen MR) is 48.6 cm³/mol. The van der Waals surface area contributed by atoms with Crippen LogP contribution >= 0.6 is 0 Å². The third-order valence-corrected chi connectivity index (χ3v) is 1.38. The van der Waals surface area contributed by atoms with Crippen LogP contribution in [0.2, 0.25) is 0 Å². The van der Waals surface area contributed by atoms with Crippen LogP contribution in [0, 0.1) is 0 Å². The minimum atomic E-state index is 0.786. The zero-order valence-corrected chi connectivity index (χ0v) is 7.22. The summed E-state index contributed by atoms with van der Waals surface area (Å²) < 4.78 is 1.77. The van der Waals surface area contributed by atoms with E-state index in [1.807, 2.05) is 18.2 Å². The van der Waals surface area contributed by atoms with E-state index >= 15 is 0 Å². The van der Waals surface area contributed by atoms with Crippen LogP contribution < -0.4 is 0 Å². The Morgan fingerprint density at radius 1 is 1.33 bits per heavy atom. The molecule has 0 bridgehead atoms. The maximum atomic E-state index is 3.96. The lowest BCUT2D eigenvalue weighted by Crippen LogP contribution is -1.93. The van der Waals surface area contributed by atoms with Gasteiger partial charge in [-0.25, -0.2) is 9.67 Å². The van der Waals surface area contributed by atoms with Gasteiger partial charge in [-0.15, -0.1) is 0 Å². The molecule has 1 rings (SSSR count). The second kappa shape index (κ2) is 5.29.